The summed E-state index contributed by atoms with van der Waals surface area (Å²) in [6.07, 6.45) is 0. The van der Waals surface area contributed by atoms with Gasteiger partial charge in [0.05, 0.1) is 5.56 Å². The van der Waals surface area contributed by atoms with Crippen molar-refractivity contribution in [3.05, 3.63) is 90.5 Å². The third-order valence-electron chi connectivity index (χ3n) is 3.48. The quantitative estimate of drug-likeness (QED) is 0.327. The number of rotatable bonds is 3. The van der Waals surface area contributed by atoms with Crippen LogP contribution in [0.25, 0.3) is 0 Å². The van der Waals surface area contributed by atoms with E-state index in [1.807, 2.05) is 60.7 Å². The summed E-state index contributed by atoms with van der Waals surface area (Å²) in [6, 6.07) is 25.9. The summed E-state index contributed by atoms with van der Waals surface area (Å²) in [5.41, 5.74) is 2.10. The summed E-state index contributed by atoms with van der Waals surface area (Å²) in [7, 11) is 0. The van der Waals surface area contributed by atoms with Crippen molar-refractivity contribution in [3.63, 3.8) is 0 Å². The van der Waals surface area contributed by atoms with Crippen LogP contribution in [-0.2, 0) is 0 Å². The molecule has 4 heteroatoms. The SMILES string of the molecule is O/N=C(/c1ccccc1O)N(c1ccccc1)c1ccccc1. The molecule has 0 aliphatic heterocycles. The summed E-state index contributed by atoms with van der Waals surface area (Å²) in [6.45, 7) is 0. The van der Waals surface area contributed by atoms with Crippen LogP contribution in [0.1, 0.15) is 5.56 Å². The van der Waals surface area contributed by atoms with Crippen molar-refractivity contribution in [2.45, 2.75) is 0 Å². The predicted octanol–water partition coefficient (Wildman–Crippen LogP) is 4.37. The number of amidine groups is 1. The highest BCUT2D eigenvalue weighted by Gasteiger charge is 2.20. The Morgan fingerprint density at radius 3 is 1.65 bits per heavy atom. The Kier molecular flexibility index (Phi) is 4.25. The molecule has 3 aromatic carbocycles. The molecule has 0 aliphatic carbocycles. The molecule has 0 radical (unpaired) electrons. The van der Waals surface area contributed by atoms with Crippen LogP contribution in [0.5, 0.6) is 5.75 Å². The molecule has 0 atom stereocenters. The monoisotopic (exact) mass is 304 g/mol. The van der Waals surface area contributed by atoms with E-state index in [4.69, 9.17) is 0 Å². The summed E-state index contributed by atoms with van der Waals surface area (Å²) >= 11 is 0. The van der Waals surface area contributed by atoms with E-state index in [1.165, 1.54) is 0 Å². The molecule has 0 fully saturated rings. The van der Waals surface area contributed by atoms with Gasteiger partial charge in [-0.3, -0.25) is 4.90 Å². The molecule has 0 heterocycles. The lowest BCUT2D eigenvalue weighted by molar-refractivity contribution is 0.318. The Balaban J connectivity index is 2.17. The number of benzene rings is 3. The van der Waals surface area contributed by atoms with Crippen molar-refractivity contribution in [1.29, 1.82) is 0 Å². The zero-order valence-electron chi connectivity index (χ0n) is 12.4. The van der Waals surface area contributed by atoms with Crippen LogP contribution in [0.3, 0.4) is 0 Å². The maximum absolute atomic E-state index is 10.1. The minimum absolute atomic E-state index is 0.0529. The summed E-state index contributed by atoms with van der Waals surface area (Å²) in [5.74, 6) is 0.303. The van der Waals surface area contributed by atoms with E-state index in [0.29, 0.717) is 5.56 Å². The largest absolute Gasteiger partial charge is 0.507 e. The van der Waals surface area contributed by atoms with Crippen molar-refractivity contribution in [2.24, 2.45) is 5.16 Å². The molecule has 0 bridgehead atoms. The molecule has 3 aromatic rings. The third kappa shape index (κ3) is 3.01. The number of aromatic hydroxyl groups is 1. The summed E-state index contributed by atoms with van der Waals surface area (Å²) in [5, 5.41) is 23.2. The molecule has 0 unspecified atom stereocenters. The Hall–Kier alpha value is -3.27. The van der Waals surface area contributed by atoms with Gasteiger partial charge < -0.3 is 10.3 Å². The normalized spacial score (nSPS) is 11.2. The minimum atomic E-state index is 0.0529. The standard InChI is InChI=1S/C19H16N2O2/c22-18-14-8-7-13-17(18)19(20-23)21(15-9-3-1-4-10-15)16-11-5-2-6-12-16/h1-14,22-23H/b20-19-. The number of anilines is 2. The zero-order valence-corrected chi connectivity index (χ0v) is 12.4. The van der Waals surface area contributed by atoms with E-state index in [0.717, 1.165) is 11.4 Å². The maximum Gasteiger partial charge on any atom is 0.188 e. The van der Waals surface area contributed by atoms with Crippen LogP contribution >= 0.6 is 0 Å². The highest BCUT2D eigenvalue weighted by molar-refractivity contribution is 6.15. The number of oxime groups is 1. The molecule has 0 spiro atoms. The lowest BCUT2D eigenvalue weighted by Crippen LogP contribution is -2.27. The Labute approximate surface area is 134 Å². The molecule has 114 valence electrons. The van der Waals surface area contributed by atoms with E-state index in [-0.39, 0.29) is 11.6 Å². The number of phenols is 1. The average molecular weight is 304 g/mol. The lowest BCUT2D eigenvalue weighted by atomic mass is 10.1. The highest BCUT2D eigenvalue weighted by atomic mass is 16.4. The topological polar surface area (TPSA) is 56.1 Å². The second kappa shape index (κ2) is 6.66. The van der Waals surface area contributed by atoms with Crippen molar-refractivity contribution in [3.8, 4) is 5.75 Å². The first-order chi connectivity index (χ1) is 11.3. The van der Waals surface area contributed by atoms with Crippen molar-refractivity contribution >= 4 is 17.2 Å². The molecular weight excluding hydrogens is 288 g/mol. The molecular formula is C19H16N2O2. The number of hydrogen-bond acceptors (Lipinski definition) is 3. The van der Waals surface area contributed by atoms with Gasteiger partial charge in [-0.05, 0) is 36.4 Å². The van der Waals surface area contributed by atoms with Gasteiger partial charge in [0.1, 0.15) is 5.75 Å². The van der Waals surface area contributed by atoms with E-state index in [1.54, 1.807) is 29.2 Å². The maximum atomic E-state index is 10.1. The van der Waals surface area contributed by atoms with E-state index >= 15 is 0 Å². The molecule has 0 amide bonds. The van der Waals surface area contributed by atoms with Gasteiger partial charge in [-0.2, -0.15) is 0 Å². The fourth-order valence-electron chi connectivity index (χ4n) is 2.43. The second-order valence-corrected chi connectivity index (χ2v) is 4.95. The molecule has 0 saturated carbocycles. The smallest absolute Gasteiger partial charge is 0.188 e. The predicted molar refractivity (Wildman–Crippen MR) is 91.5 cm³/mol. The van der Waals surface area contributed by atoms with Gasteiger partial charge in [0.25, 0.3) is 0 Å². The minimum Gasteiger partial charge on any atom is -0.507 e. The van der Waals surface area contributed by atoms with E-state index in [9.17, 15) is 10.3 Å². The van der Waals surface area contributed by atoms with Gasteiger partial charge in [0.2, 0.25) is 0 Å². The second-order valence-electron chi connectivity index (χ2n) is 4.95. The summed E-state index contributed by atoms with van der Waals surface area (Å²) < 4.78 is 0. The zero-order chi connectivity index (χ0) is 16.1. The first-order valence-corrected chi connectivity index (χ1v) is 7.22. The average Bonchev–Trinajstić information content (AvgIpc) is 2.62. The van der Waals surface area contributed by atoms with Gasteiger partial charge in [0.15, 0.2) is 5.84 Å². The van der Waals surface area contributed by atoms with E-state index < -0.39 is 0 Å². The molecule has 0 aromatic heterocycles. The molecule has 3 rings (SSSR count). The van der Waals surface area contributed by atoms with Gasteiger partial charge in [-0.25, -0.2) is 0 Å². The lowest BCUT2D eigenvalue weighted by Gasteiger charge is -2.25. The highest BCUT2D eigenvalue weighted by Crippen LogP contribution is 2.30. The van der Waals surface area contributed by atoms with Crippen LogP contribution in [0.2, 0.25) is 0 Å². The van der Waals surface area contributed by atoms with Crippen LogP contribution in [-0.4, -0.2) is 16.1 Å². The van der Waals surface area contributed by atoms with Crippen molar-refractivity contribution in [1.82, 2.24) is 0 Å². The van der Waals surface area contributed by atoms with Gasteiger partial charge in [-0.1, -0.05) is 53.7 Å². The van der Waals surface area contributed by atoms with Crippen LogP contribution < -0.4 is 4.90 Å². The van der Waals surface area contributed by atoms with Crippen LogP contribution in [0, 0.1) is 0 Å². The number of para-hydroxylation sites is 3. The van der Waals surface area contributed by atoms with Crippen LogP contribution in [0.4, 0.5) is 11.4 Å². The van der Waals surface area contributed by atoms with Gasteiger partial charge in [0, 0.05) is 11.4 Å². The fourth-order valence-corrected chi connectivity index (χ4v) is 2.43. The number of hydrogen-bond donors (Lipinski definition) is 2. The van der Waals surface area contributed by atoms with Crippen LogP contribution in [0.15, 0.2) is 90.1 Å². The van der Waals surface area contributed by atoms with Crippen molar-refractivity contribution < 1.29 is 10.3 Å². The van der Waals surface area contributed by atoms with Gasteiger partial charge >= 0.3 is 0 Å². The first-order valence-electron chi connectivity index (χ1n) is 7.22. The molecule has 23 heavy (non-hydrogen) atoms. The van der Waals surface area contributed by atoms with Gasteiger partial charge in [-0.15, -0.1) is 0 Å². The molecule has 0 aliphatic rings. The Morgan fingerprint density at radius 1 is 0.696 bits per heavy atom. The number of nitrogens with zero attached hydrogens (tertiary/aromatic N) is 2. The van der Waals surface area contributed by atoms with Crippen molar-refractivity contribution in [2.75, 3.05) is 4.90 Å². The molecule has 0 saturated heterocycles. The van der Waals surface area contributed by atoms with E-state index in [2.05, 4.69) is 5.16 Å². The Bertz CT molecular complexity index is 762. The molecule has 2 N–H and O–H groups in total. The number of phenolic OH excluding ortho intramolecular Hbond substituents is 1. The third-order valence-corrected chi connectivity index (χ3v) is 3.48. The first kappa shape index (κ1) is 14.7. The molecule has 4 nitrogen and oxygen atoms in total. The summed E-state index contributed by atoms with van der Waals surface area (Å²) in [4.78, 5) is 1.79. The fraction of sp³-hybridized carbons (Fsp3) is 0. The Morgan fingerprint density at radius 2 is 1.17 bits per heavy atom.